The van der Waals surface area contributed by atoms with Gasteiger partial charge in [0.25, 0.3) is 11.5 Å². The third-order valence-electron chi connectivity index (χ3n) is 8.34. The molecule has 1 aliphatic heterocycles. The summed E-state index contributed by atoms with van der Waals surface area (Å²) in [4.78, 5) is 54.3. The molecule has 1 saturated heterocycles. The first kappa shape index (κ1) is 25.0. The molecule has 2 heterocycles. The van der Waals surface area contributed by atoms with E-state index in [4.69, 9.17) is 11.1 Å². The SMILES string of the molecule is CN1C(=O)N(C)C2(CC3(CCC(n4c(=O)c(C(=N)N)c(O)n(CCC(C)(C)C)c4=O)CC3)C2)C1=O. The lowest BCUT2D eigenvalue weighted by Gasteiger charge is -2.57. The molecule has 3 fully saturated rings. The van der Waals surface area contributed by atoms with Crippen molar-refractivity contribution in [3.8, 4) is 5.88 Å². The molecule has 1 aromatic heterocycles. The molecule has 11 nitrogen and oxygen atoms in total. The molecular formula is C24H36N6O5. The number of nitrogen functional groups attached to an aromatic ring is 1. The van der Waals surface area contributed by atoms with Crippen LogP contribution in [0.1, 0.15) is 77.3 Å². The van der Waals surface area contributed by atoms with Crippen molar-refractivity contribution in [1.82, 2.24) is 18.9 Å². The van der Waals surface area contributed by atoms with E-state index in [2.05, 4.69) is 0 Å². The highest BCUT2D eigenvalue weighted by Crippen LogP contribution is 2.61. The smallest absolute Gasteiger partial charge is 0.334 e. The maximum Gasteiger partial charge on any atom is 0.334 e. The highest BCUT2D eigenvalue weighted by Gasteiger charge is 2.66. The summed E-state index contributed by atoms with van der Waals surface area (Å²) in [5.41, 5.74) is 2.95. The number of nitrogens with one attached hydrogen (secondary N) is 1. The Kier molecular flexibility index (Phi) is 5.68. The van der Waals surface area contributed by atoms with Crippen molar-refractivity contribution in [3.63, 3.8) is 0 Å². The summed E-state index contributed by atoms with van der Waals surface area (Å²) in [5.74, 6) is -1.30. The number of likely N-dealkylation sites (N-methyl/N-ethyl adjacent to an activating group) is 2. The number of nitrogens with zero attached hydrogens (tertiary/aromatic N) is 4. The Morgan fingerprint density at radius 2 is 1.69 bits per heavy atom. The molecule has 35 heavy (non-hydrogen) atoms. The van der Waals surface area contributed by atoms with Crippen LogP contribution in [-0.4, -0.2) is 61.4 Å². The van der Waals surface area contributed by atoms with Crippen LogP contribution in [0.2, 0.25) is 0 Å². The van der Waals surface area contributed by atoms with Gasteiger partial charge in [-0.1, -0.05) is 20.8 Å². The summed E-state index contributed by atoms with van der Waals surface area (Å²) in [7, 11) is 3.17. The third-order valence-corrected chi connectivity index (χ3v) is 8.34. The normalized spacial score (nSPS) is 28.8. The third kappa shape index (κ3) is 3.75. The zero-order valence-electron chi connectivity index (χ0n) is 21.2. The molecule has 0 unspecified atom stereocenters. The number of amidine groups is 1. The van der Waals surface area contributed by atoms with Crippen molar-refractivity contribution in [1.29, 1.82) is 5.41 Å². The zero-order chi connectivity index (χ0) is 26.1. The Morgan fingerprint density at radius 1 is 1.11 bits per heavy atom. The fraction of sp³-hybridized carbons (Fsp3) is 0.708. The first-order valence-electron chi connectivity index (χ1n) is 12.1. The minimum absolute atomic E-state index is 0.110. The van der Waals surface area contributed by atoms with Gasteiger partial charge in [-0.05, 0) is 55.8 Å². The summed E-state index contributed by atoms with van der Waals surface area (Å²) in [6.07, 6.45) is 4.27. The quantitative estimate of drug-likeness (QED) is 0.332. The van der Waals surface area contributed by atoms with E-state index in [1.54, 1.807) is 11.9 Å². The van der Waals surface area contributed by atoms with Crippen molar-refractivity contribution in [2.45, 2.75) is 83.8 Å². The average molecular weight is 489 g/mol. The summed E-state index contributed by atoms with van der Waals surface area (Å²) < 4.78 is 2.31. The van der Waals surface area contributed by atoms with Gasteiger partial charge in [0, 0.05) is 26.7 Å². The number of carbonyl (C=O) groups excluding carboxylic acids is 2. The number of hydrogen-bond donors (Lipinski definition) is 3. The van der Waals surface area contributed by atoms with Gasteiger partial charge < -0.3 is 15.7 Å². The molecule has 4 N–H and O–H groups in total. The van der Waals surface area contributed by atoms with Crippen molar-refractivity contribution in [2.75, 3.05) is 14.1 Å². The first-order chi connectivity index (χ1) is 16.1. The van der Waals surface area contributed by atoms with E-state index in [0.29, 0.717) is 44.9 Å². The van der Waals surface area contributed by atoms with Gasteiger partial charge in [0.15, 0.2) is 0 Å². The van der Waals surface area contributed by atoms with Crippen LogP contribution in [0.4, 0.5) is 4.79 Å². The Morgan fingerprint density at radius 3 is 2.14 bits per heavy atom. The van der Waals surface area contributed by atoms with Crippen LogP contribution < -0.4 is 17.0 Å². The van der Waals surface area contributed by atoms with E-state index in [9.17, 15) is 24.3 Å². The predicted molar refractivity (Wildman–Crippen MR) is 130 cm³/mol. The van der Waals surface area contributed by atoms with Gasteiger partial charge in [-0.25, -0.2) is 9.59 Å². The molecule has 2 aliphatic carbocycles. The Labute approximate surface area is 204 Å². The molecule has 3 amide bonds. The summed E-state index contributed by atoms with van der Waals surface area (Å²) in [5, 5.41) is 18.5. The summed E-state index contributed by atoms with van der Waals surface area (Å²) >= 11 is 0. The number of aromatic hydroxyl groups is 1. The lowest BCUT2D eigenvalue weighted by Crippen LogP contribution is -2.63. The van der Waals surface area contributed by atoms with E-state index in [1.165, 1.54) is 11.9 Å². The number of urea groups is 1. The largest absolute Gasteiger partial charge is 0.494 e. The van der Waals surface area contributed by atoms with Crippen molar-refractivity contribution >= 4 is 17.8 Å². The minimum atomic E-state index is -0.782. The highest BCUT2D eigenvalue weighted by molar-refractivity contribution is 6.07. The molecule has 3 aliphatic rings. The summed E-state index contributed by atoms with van der Waals surface area (Å²) in [6.45, 7) is 6.24. The van der Waals surface area contributed by atoms with E-state index in [0.717, 1.165) is 9.13 Å². The monoisotopic (exact) mass is 488 g/mol. The van der Waals surface area contributed by atoms with E-state index in [1.807, 2.05) is 20.8 Å². The van der Waals surface area contributed by atoms with E-state index >= 15 is 0 Å². The number of hydrogen-bond acceptors (Lipinski definition) is 6. The molecule has 0 atom stereocenters. The number of amides is 3. The molecule has 11 heteroatoms. The number of carbonyl (C=O) groups is 2. The van der Waals surface area contributed by atoms with Gasteiger partial charge in [0.05, 0.1) is 0 Å². The van der Waals surface area contributed by atoms with Crippen LogP contribution in [0.3, 0.4) is 0 Å². The number of aromatic nitrogens is 2. The second-order valence-electron chi connectivity index (χ2n) is 11.9. The number of imide groups is 1. The molecule has 0 bridgehead atoms. The summed E-state index contributed by atoms with van der Waals surface area (Å²) in [6, 6.07) is -0.681. The standard InChI is InChI=1S/C24H36N6O5/c1-22(2,3)10-11-29-17(31)15(16(25)26)18(32)30(21(29)35)14-6-8-23(9-7-14)12-24(13-23)19(33)27(4)20(34)28(24)5/h14,31H,6-13H2,1-5H3,(H3,25,26). The molecule has 0 aromatic carbocycles. The number of rotatable bonds is 4. The van der Waals surface area contributed by atoms with Crippen molar-refractivity contribution in [2.24, 2.45) is 16.6 Å². The van der Waals surface area contributed by atoms with Gasteiger partial charge in [0.2, 0.25) is 5.88 Å². The minimum Gasteiger partial charge on any atom is -0.494 e. The van der Waals surface area contributed by atoms with Gasteiger partial charge in [-0.15, -0.1) is 0 Å². The second kappa shape index (κ2) is 7.96. The molecule has 192 valence electrons. The first-order valence-corrected chi connectivity index (χ1v) is 12.1. The fourth-order valence-corrected chi connectivity index (χ4v) is 6.22. The lowest BCUT2D eigenvalue weighted by molar-refractivity contribution is -0.148. The Bertz CT molecular complexity index is 1210. The Balaban J connectivity index is 1.60. The highest BCUT2D eigenvalue weighted by atomic mass is 16.3. The maximum absolute atomic E-state index is 13.4. The molecule has 2 spiro atoms. The molecule has 4 rings (SSSR count). The molecule has 0 radical (unpaired) electrons. The molecular weight excluding hydrogens is 452 g/mol. The van der Waals surface area contributed by atoms with Crippen molar-refractivity contribution in [3.05, 3.63) is 26.4 Å². The fourth-order valence-electron chi connectivity index (χ4n) is 6.22. The van der Waals surface area contributed by atoms with Crippen LogP contribution in [0, 0.1) is 16.2 Å². The zero-order valence-corrected chi connectivity index (χ0v) is 21.2. The maximum atomic E-state index is 13.4. The van der Waals surface area contributed by atoms with Gasteiger partial charge in [-0.3, -0.25) is 29.0 Å². The molecule has 1 aromatic rings. The van der Waals surface area contributed by atoms with Gasteiger partial charge in [0.1, 0.15) is 16.9 Å². The average Bonchev–Trinajstić information content (AvgIpc) is 2.89. The van der Waals surface area contributed by atoms with E-state index in [-0.39, 0.29) is 34.9 Å². The predicted octanol–water partition coefficient (Wildman–Crippen LogP) is 1.59. The van der Waals surface area contributed by atoms with Crippen LogP contribution in [0.25, 0.3) is 0 Å². The number of nitrogens with two attached hydrogens (primary N) is 1. The van der Waals surface area contributed by atoms with Crippen molar-refractivity contribution < 1.29 is 14.7 Å². The van der Waals surface area contributed by atoms with Crippen LogP contribution in [-0.2, 0) is 11.3 Å². The lowest BCUT2D eigenvalue weighted by atomic mass is 9.51. The van der Waals surface area contributed by atoms with Crippen LogP contribution in [0.5, 0.6) is 5.88 Å². The van der Waals surface area contributed by atoms with Crippen LogP contribution >= 0.6 is 0 Å². The Hall–Kier alpha value is -3.11. The van der Waals surface area contributed by atoms with E-state index < -0.39 is 34.5 Å². The topological polar surface area (TPSA) is 155 Å². The van der Waals surface area contributed by atoms with Gasteiger partial charge >= 0.3 is 11.7 Å². The molecule has 2 saturated carbocycles. The van der Waals surface area contributed by atoms with Crippen LogP contribution in [0.15, 0.2) is 9.59 Å². The van der Waals surface area contributed by atoms with Gasteiger partial charge in [-0.2, -0.15) is 0 Å². The second-order valence-corrected chi connectivity index (χ2v) is 11.9.